The molecule has 1 N–H and O–H groups in total. The molecule has 3 rings (SSSR count). The molecule has 0 fully saturated rings. The lowest BCUT2D eigenvalue weighted by atomic mass is 10.0. The third-order valence-corrected chi connectivity index (χ3v) is 3.84. The van der Waals surface area contributed by atoms with Crippen LogP contribution in [0.25, 0.3) is 11.1 Å². The van der Waals surface area contributed by atoms with Crippen molar-refractivity contribution in [1.82, 2.24) is 9.78 Å². The Morgan fingerprint density at radius 1 is 1.47 bits per heavy atom. The monoisotopic (exact) mass is 320 g/mol. The van der Waals surface area contributed by atoms with Gasteiger partial charge >= 0.3 is 5.97 Å². The van der Waals surface area contributed by atoms with Gasteiger partial charge in [0.25, 0.3) is 0 Å². The van der Waals surface area contributed by atoms with Crippen molar-refractivity contribution < 1.29 is 9.90 Å². The summed E-state index contributed by atoms with van der Waals surface area (Å²) in [4.78, 5) is 11.0. The summed E-state index contributed by atoms with van der Waals surface area (Å²) in [7, 11) is 0. The van der Waals surface area contributed by atoms with Crippen LogP contribution < -0.4 is 0 Å². The molecule has 0 unspecified atom stereocenters. The van der Waals surface area contributed by atoms with Gasteiger partial charge < -0.3 is 5.11 Å². The molecule has 0 radical (unpaired) electrons. The molecule has 5 heteroatoms. The maximum Gasteiger partial charge on any atom is 0.309 e. The number of hydrogen-bond acceptors (Lipinski definition) is 2. The van der Waals surface area contributed by atoms with Crippen LogP contribution in [0, 0.1) is 0 Å². The van der Waals surface area contributed by atoms with Gasteiger partial charge in [-0.1, -0.05) is 28.1 Å². The summed E-state index contributed by atoms with van der Waals surface area (Å²) < 4.78 is 2.94. The minimum absolute atomic E-state index is 0.0259. The summed E-state index contributed by atoms with van der Waals surface area (Å²) in [6, 6.07) is 7.95. The second kappa shape index (κ2) is 4.81. The van der Waals surface area contributed by atoms with Crippen molar-refractivity contribution in [2.75, 3.05) is 0 Å². The number of carbonyl (C=O) groups is 1. The molecule has 0 saturated carbocycles. The van der Waals surface area contributed by atoms with Gasteiger partial charge in [-0.3, -0.25) is 9.48 Å². The molecule has 0 amide bonds. The van der Waals surface area contributed by atoms with Crippen LogP contribution in [-0.4, -0.2) is 20.9 Å². The Kier molecular flexibility index (Phi) is 3.14. The zero-order valence-corrected chi connectivity index (χ0v) is 11.9. The summed E-state index contributed by atoms with van der Waals surface area (Å²) in [5.74, 6) is -0.840. The standard InChI is InChI=1S/C14H13BrN2O2/c15-10-4-1-3-9(7-10)14-11(8-13(18)19)16-17-6-2-5-12(14)17/h1,3-4,7H,2,5-6,8H2,(H,18,19). The highest BCUT2D eigenvalue weighted by molar-refractivity contribution is 9.10. The van der Waals surface area contributed by atoms with E-state index in [-0.39, 0.29) is 6.42 Å². The van der Waals surface area contributed by atoms with Crippen molar-refractivity contribution in [1.29, 1.82) is 0 Å². The number of carboxylic acids is 1. The number of rotatable bonds is 3. The van der Waals surface area contributed by atoms with Crippen LogP contribution in [0.4, 0.5) is 0 Å². The van der Waals surface area contributed by atoms with E-state index in [1.165, 1.54) is 0 Å². The smallest absolute Gasteiger partial charge is 0.309 e. The zero-order valence-electron chi connectivity index (χ0n) is 10.3. The molecule has 0 bridgehead atoms. The van der Waals surface area contributed by atoms with E-state index < -0.39 is 5.97 Å². The number of hydrogen-bond donors (Lipinski definition) is 1. The van der Waals surface area contributed by atoms with E-state index in [4.69, 9.17) is 5.11 Å². The predicted molar refractivity (Wildman–Crippen MR) is 75.0 cm³/mol. The number of aryl methyl sites for hydroxylation is 1. The van der Waals surface area contributed by atoms with E-state index in [0.717, 1.165) is 40.7 Å². The summed E-state index contributed by atoms with van der Waals surface area (Å²) >= 11 is 3.46. The van der Waals surface area contributed by atoms with Gasteiger partial charge in [0.2, 0.25) is 0 Å². The number of fused-ring (bicyclic) bond motifs is 1. The van der Waals surface area contributed by atoms with Crippen molar-refractivity contribution in [2.45, 2.75) is 25.8 Å². The number of aliphatic carboxylic acids is 1. The summed E-state index contributed by atoms with van der Waals surface area (Å²) in [5.41, 5.74) is 3.87. The lowest BCUT2D eigenvalue weighted by Crippen LogP contribution is -2.03. The molecular weight excluding hydrogens is 308 g/mol. The lowest BCUT2D eigenvalue weighted by molar-refractivity contribution is -0.136. The number of carboxylic acid groups (broad SMARTS) is 1. The van der Waals surface area contributed by atoms with Crippen LogP contribution in [0.3, 0.4) is 0 Å². The van der Waals surface area contributed by atoms with Crippen LogP contribution in [0.2, 0.25) is 0 Å². The van der Waals surface area contributed by atoms with E-state index in [1.807, 2.05) is 28.9 Å². The van der Waals surface area contributed by atoms with E-state index in [9.17, 15) is 4.79 Å². The molecule has 1 aliphatic rings. The Labute approximate surface area is 119 Å². The van der Waals surface area contributed by atoms with Gasteiger partial charge in [0.1, 0.15) is 0 Å². The molecule has 2 heterocycles. The number of aromatic nitrogens is 2. The molecule has 2 aromatic rings. The minimum atomic E-state index is -0.840. The maximum absolute atomic E-state index is 11.0. The third-order valence-electron chi connectivity index (χ3n) is 3.35. The SMILES string of the molecule is O=C(O)Cc1nn2c(c1-c1cccc(Br)c1)CCC2. The lowest BCUT2D eigenvalue weighted by Gasteiger charge is -2.04. The highest BCUT2D eigenvalue weighted by Gasteiger charge is 2.23. The first-order valence-electron chi connectivity index (χ1n) is 6.21. The summed E-state index contributed by atoms with van der Waals surface area (Å²) in [6.07, 6.45) is 2.02. The third kappa shape index (κ3) is 2.30. The molecular formula is C14H13BrN2O2. The van der Waals surface area contributed by atoms with Gasteiger partial charge in [-0.25, -0.2) is 0 Å². The van der Waals surface area contributed by atoms with Gasteiger partial charge in [0.15, 0.2) is 0 Å². The summed E-state index contributed by atoms with van der Waals surface area (Å²) in [5, 5.41) is 13.5. The minimum Gasteiger partial charge on any atom is -0.481 e. The molecule has 0 saturated heterocycles. The Balaban J connectivity index is 2.15. The number of benzene rings is 1. The maximum atomic E-state index is 11.0. The first-order chi connectivity index (χ1) is 9.15. The highest BCUT2D eigenvalue weighted by Crippen LogP contribution is 2.33. The molecule has 4 nitrogen and oxygen atoms in total. The molecule has 1 aromatic carbocycles. The predicted octanol–water partition coefficient (Wildman–Crippen LogP) is 2.89. The fourth-order valence-corrected chi connectivity index (χ4v) is 3.03. The van der Waals surface area contributed by atoms with Crippen LogP contribution >= 0.6 is 15.9 Å². The van der Waals surface area contributed by atoms with Crippen molar-refractivity contribution in [3.8, 4) is 11.1 Å². The molecule has 0 aliphatic carbocycles. The van der Waals surface area contributed by atoms with Gasteiger partial charge in [-0.05, 0) is 30.5 Å². The van der Waals surface area contributed by atoms with Crippen molar-refractivity contribution in [3.63, 3.8) is 0 Å². The van der Waals surface area contributed by atoms with E-state index >= 15 is 0 Å². The molecule has 98 valence electrons. The van der Waals surface area contributed by atoms with Crippen molar-refractivity contribution >= 4 is 21.9 Å². The fourth-order valence-electron chi connectivity index (χ4n) is 2.63. The molecule has 0 spiro atoms. The van der Waals surface area contributed by atoms with Gasteiger partial charge in [0, 0.05) is 22.3 Å². The van der Waals surface area contributed by atoms with E-state index in [1.54, 1.807) is 0 Å². The van der Waals surface area contributed by atoms with Gasteiger partial charge in [-0.15, -0.1) is 0 Å². The van der Waals surface area contributed by atoms with Crippen LogP contribution in [-0.2, 0) is 24.2 Å². The Hall–Kier alpha value is -1.62. The molecule has 1 aromatic heterocycles. The largest absolute Gasteiger partial charge is 0.481 e. The number of halogens is 1. The van der Waals surface area contributed by atoms with E-state index in [0.29, 0.717) is 5.69 Å². The van der Waals surface area contributed by atoms with Gasteiger partial charge in [-0.2, -0.15) is 5.10 Å². The summed E-state index contributed by atoms with van der Waals surface area (Å²) in [6.45, 7) is 0.885. The Bertz CT molecular complexity index is 649. The molecule has 0 atom stereocenters. The Morgan fingerprint density at radius 2 is 2.32 bits per heavy atom. The fraction of sp³-hybridized carbons (Fsp3) is 0.286. The quantitative estimate of drug-likeness (QED) is 0.946. The number of nitrogens with zero attached hydrogens (tertiary/aromatic N) is 2. The highest BCUT2D eigenvalue weighted by atomic mass is 79.9. The van der Waals surface area contributed by atoms with Crippen molar-refractivity contribution in [2.24, 2.45) is 0 Å². The van der Waals surface area contributed by atoms with Crippen LogP contribution in [0.15, 0.2) is 28.7 Å². The second-order valence-electron chi connectivity index (χ2n) is 4.68. The zero-order chi connectivity index (χ0) is 13.4. The van der Waals surface area contributed by atoms with Crippen LogP contribution in [0.1, 0.15) is 17.8 Å². The average Bonchev–Trinajstić information content (AvgIpc) is 2.87. The topological polar surface area (TPSA) is 55.1 Å². The second-order valence-corrected chi connectivity index (χ2v) is 5.59. The first kappa shape index (κ1) is 12.4. The van der Waals surface area contributed by atoms with E-state index in [2.05, 4.69) is 21.0 Å². The van der Waals surface area contributed by atoms with Crippen LogP contribution in [0.5, 0.6) is 0 Å². The van der Waals surface area contributed by atoms with Gasteiger partial charge in [0.05, 0.1) is 12.1 Å². The average molecular weight is 321 g/mol. The molecule has 19 heavy (non-hydrogen) atoms. The Morgan fingerprint density at radius 3 is 3.05 bits per heavy atom. The first-order valence-corrected chi connectivity index (χ1v) is 7.01. The van der Waals surface area contributed by atoms with Crippen molar-refractivity contribution in [3.05, 3.63) is 40.1 Å². The molecule has 1 aliphatic heterocycles. The normalized spacial score (nSPS) is 13.5.